The van der Waals surface area contributed by atoms with Crippen molar-refractivity contribution < 1.29 is 0 Å². The van der Waals surface area contributed by atoms with Gasteiger partial charge in [0.25, 0.3) is 0 Å². The second-order valence-electron chi connectivity index (χ2n) is 3.97. The number of hydrogen-bond acceptors (Lipinski definition) is 3. The van der Waals surface area contributed by atoms with E-state index in [4.69, 9.17) is 0 Å². The van der Waals surface area contributed by atoms with E-state index < -0.39 is 0 Å². The molecule has 1 atom stereocenters. The van der Waals surface area contributed by atoms with Gasteiger partial charge in [-0.05, 0) is 37.4 Å². The van der Waals surface area contributed by atoms with E-state index in [1.54, 1.807) is 6.33 Å². The van der Waals surface area contributed by atoms with Crippen molar-refractivity contribution in [1.29, 1.82) is 0 Å². The van der Waals surface area contributed by atoms with Gasteiger partial charge in [-0.2, -0.15) is 0 Å². The van der Waals surface area contributed by atoms with Gasteiger partial charge in [-0.15, -0.1) is 0 Å². The first-order chi connectivity index (χ1) is 6.93. The smallest absolute Gasteiger partial charge is 0.116 e. The van der Waals surface area contributed by atoms with Crippen LogP contribution in [0.5, 0.6) is 0 Å². The zero-order valence-electron chi connectivity index (χ0n) is 8.03. The number of rotatable bonds is 0. The molecule has 1 unspecified atom stereocenters. The molecular weight excluding hydrogens is 174 g/mol. The quantitative estimate of drug-likeness (QED) is 0.662. The van der Waals surface area contributed by atoms with Crippen LogP contribution in [0.2, 0.25) is 0 Å². The van der Waals surface area contributed by atoms with Crippen LogP contribution < -0.4 is 5.32 Å². The third kappa shape index (κ3) is 1.24. The maximum absolute atomic E-state index is 4.30. The molecule has 1 saturated heterocycles. The normalized spacial score (nSPS) is 24.9. The number of nitrogens with zero attached hydrogens (tertiary/aromatic N) is 2. The highest BCUT2D eigenvalue weighted by molar-refractivity contribution is 5.57. The van der Waals surface area contributed by atoms with Crippen LogP contribution in [0.4, 0.5) is 0 Å². The average molecular weight is 187 g/mol. The van der Waals surface area contributed by atoms with E-state index >= 15 is 0 Å². The fraction of sp³-hybridized carbons (Fsp3) is 0.455. The third-order valence-corrected chi connectivity index (χ3v) is 3.05. The predicted octanol–water partition coefficient (Wildman–Crippen LogP) is 1.17. The summed E-state index contributed by atoms with van der Waals surface area (Å²) < 4.78 is 0. The lowest BCUT2D eigenvalue weighted by Gasteiger charge is -2.30. The van der Waals surface area contributed by atoms with Crippen LogP contribution in [0.3, 0.4) is 0 Å². The minimum absolute atomic E-state index is 0.544. The Morgan fingerprint density at radius 2 is 2.43 bits per heavy atom. The van der Waals surface area contributed by atoms with E-state index in [2.05, 4.69) is 21.4 Å². The van der Waals surface area contributed by atoms with Gasteiger partial charge in [-0.3, -0.25) is 0 Å². The van der Waals surface area contributed by atoms with E-state index in [1.807, 2.05) is 6.20 Å². The lowest BCUT2D eigenvalue weighted by Crippen LogP contribution is -2.39. The van der Waals surface area contributed by atoms with Crippen LogP contribution in [0.15, 0.2) is 18.1 Å². The Morgan fingerprint density at radius 3 is 3.43 bits per heavy atom. The Hall–Kier alpha value is -1.22. The first kappa shape index (κ1) is 8.12. The summed E-state index contributed by atoms with van der Waals surface area (Å²) in [4.78, 5) is 8.36. The highest BCUT2D eigenvalue weighted by Crippen LogP contribution is 2.26. The molecule has 0 spiro atoms. The lowest BCUT2D eigenvalue weighted by atomic mass is 9.87. The first-order valence-corrected chi connectivity index (χ1v) is 5.16. The maximum Gasteiger partial charge on any atom is 0.116 e. The van der Waals surface area contributed by atoms with Crippen LogP contribution >= 0.6 is 0 Å². The van der Waals surface area contributed by atoms with Crippen LogP contribution in [0, 0.1) is 0 Å². The summed E-state index contributed by atoms with van der Waals surface area (Å²) in [5.74, 6) is 0. The molecule has 0 bridgehead atoms. The van der Waals surface area contributed by atoms with E-state index in [0.29, 0.717) is 6.04 Å². The summed E-state index contributed by atoms with van der Waals surface area (Å²) in [6.07, 6.45) is 9.33. The number of fused-ring (bicyclic) bond motifs is 2. The number of hydrogen-bond donors (Lipinski definition) is 1. The van der Waals surface area contributed by atoms with Gasteiger partial charge in [0.1, 0.15) is 6.33 Å². The largest absolute Gasteiger partial charge is 0.310 e. The van der Waals surface area contributed by atoms with Crippen LogP contribution in [0.1, 0.15) is 24.1 Å². The second-order valence-corrected chi connectivity index (χ2v) is 3.97. The van der Waals surface area contributed by atoms with Crippen molar-refractivity contribution in [2.45, 2.75) is 25.3 Å². The summed E-state index contributed by atoms with van der Waals surface area (Å²) in [6.45, 7) is 1.14. The van der Waals surface area contributed by atoms with E-state index in [9.17, 15) is 0 Å². The molecule has 0 saturated carbocycles. The Bertz CT molecular complexity index is 384. The van der Waals surface area contributed by atoms with Crippen LogP contribution in [-0.2, 0) is 6.42 Å². The number of nitrogens with one attached hydrogen (secondary N) is 1. The minimum atomic E-state index is 0.544. The second kappa shape index (κ2) is 3.17. The number of piperidine rings is 1. The van der Waals surface area contributed by atoms with E-state index in [1.165, 1.54) is 24.0 Å². The minimum Gasteiger partial charge on any atom is -0.310 e. The third-order valence-electron chi connectivity index (χ3n) is 3.05. The average Bonchev–Trinajstić information content (AvgIpc) is 2.26. The van der Waals surface area contributed by atoms with Crippen molar-refractivity contribution in [2.75, 3.05) is 6.54 Å². The van der Waals surface area contributed by atoms with Crippen molar-refractivity contribution in [3.05, 3.63) is 29.4 Å². The zero-order chi connectivity index (χ0) is 9.38. The molecule has 3 nitrogen and oxygen atoms in total. The molecule has 72 valence electrons. The molecule has 0 aromatic carbocycles. The van der Waals surface area contributed by atoms with E-state index in [-0.39, 0.29) is 0 Å². The summed E-state index contributed by atoms with van der Waals surface area (Å²) in [5, 5.41) is 3.54. The molecule has 3 rings (SSSR count). The van der Waals surface area contributed by atoms with Gasteiger partial charge >= 0.3 is 0 Å². The predicted molar refractivity (Wildman–Crippen MR) is 54.7 cm³/mol. The molecule has 1 aromatic heterocycles. The van der Waals surface area contributed by atoms with Crippen LogP contribution in [-0.4, -0.2) is 22.6 Å². The molecule has 3 heteroatoms. The van der Waals surface area contributed by atoms with Gasteiger partial charge in [-0.1, -0.05) is 5.57 Å². The van der Waals surface area contributed by atoms with Gasteiger partial charge in [0, 0.05) is 12.2 Å². The number of aromatic nitrogens is 2. The van der Waals surface area contributed by atoms with Gasteiger partial charge < -0.3 is 5.32 Å². The highest BCUT2D eigenvalue weighted by Gasteiger charge is 2.23. The summed E-state index contributed by atoms with van der Waals surface area (Å²) in [7, 11) is 0. The first-order valence-electron chi connectivity index (χ1n) is 5.16. The fourth-order valence-corrected chi connectivity index (χ4v) is 2.30. The Kier molecular flexibility index (Phi) is 1.84. The molecule has 1 aromatic rings. The Balaban J connectivity index is 2.03. The maximum atomic E-state index is 4.30. The molecule has 1 N–H and O–H groups in total. The van der Waals surface area contributed by atoms with Crippen LogP contribution in [0.25, 0.3) is 6.08 Å². The van der Waals surface area contributed by atoms with Gasteiger partial charge in [0.05, 0.1) is 5.69 Å². The fourth-order valence-electron chi connectivity index (χ4n) is 2.30. The summed E-state index contributed by atoms with van der Waals surface area (Å²) in [5.41, 5.74) is 3.91. The van der Waals surface area contributed by atoms with E-state index in [0.717, 1.165) is 18.7 Å². The topological polar surface area (TPSA) is 37.8 Å². The molecule has 0 radical (unpaired) electrons. The van der Waals surface area contributed by atoms with Gasteiger partial charge in [-0.25, -0.2) is 9.97 Å². The van der Waals surface area contributed by atoms with Crippen molar-refractivity contribution in [3.8, 4) is 0 Å². The lowest BCUT2D eigenvalue weighted by molar-refractivity contribution is 0.485. The standard InChI is InChI=1S/C11H13N3/c1-2-8-4-11-9(6-12-7-14-11)5-10(8)13-3-1/h4,6-7,10,13H,1-3,5H2. The molecule has 14 heavy (non-hydrogen) atoms. The molecular formula is C11H13N3. The molecule has 1 aliphatic heterocycles. The SMILES string of the molecule is C1=C2CCCNC2Cc2cncnc21. The monoisotopic (exact) mass is 187 g/mol. The molecule has 1 aliphatic carbocycles. The van der Waals surface area contributed by atoms with Crippen molar-refractivity contribution >= 4 is 6.08 Å². The summed E-state index contributed by atoms with van der Waals surface area (Å²) in [6, 6.07) is 0.544. The molecule has 2 aliphatic rings. The summed E-state index contributed by atoms with van der Waals surface area (Å²) >= 11 is 0. The Labute approximate surface area is 83.3 Å². The highest BCUT2D eigenvalue weighted by atomic mass is 14.9. The Morgan fingerprint density at radius 1 is 1.43 bits per heavy atom. The van der Waals surface area contributed by atoms with Crippen molar-refractivity contribution in [3.63, 3.8) is 0 Å². The van der Waals surface area contributed by atoms with Crippen molar-refractivity contribution in [2.24, 2.45) is 0 Å². The van der Waals surface area contributed by atoms with Crippen molar-refractivity contribution in [1.82, 2.24) is 15.3 Å². The molecule has 1 fully saturated rings. The molecule has 2 heterocycles. The van der Waals surface area contributed by atoms with Gasteiger partial charge in [0.2, 0.25) is 0 Å². The zero-order valence-corrected chi connectivity index (χ0v) is 8.03. The molecule has 0 amide bonds. The van der Waals surface area contributed by atoms with Gasteiger partial charge in [0.15, 0.2) is 0 Å².